The van der Waals surface area contributed by atoms with Crippen LogP contribution in [0.5, 0.6) is 0 Å². The topological polar surface area (TPSA) is 33.2 Å². The summed E-state index contributed by atoms with van der Waals surface area (Å²) in [6.07, 6.45) is 5.74. The molecule has 0 spiro atoms. The van der Waals surface area contributed by atoms with Gasteiger partial charge in [-0.1, -0.05) is 22.0 Å². The van der Waals surface area contributed by atoms with Gasteiger partial charge in [-0.25, -0.2) is 0 Å². The van der Waals surface area contributed by atoms with Gasteiger partial charge in [0.25, 0.3) is 5.91 Å². The standard InChI is InChI=1S/C17H17BrN2O/c1-12-2-3-14(10-16(12)18)17(21)20(15-4-5-15)11-13-6-8-19-9-7-13/h2-3,6-10,15H,4-5,11H2,1H3. The van der Waals surface area contributed by atoms with E-state index in [2.05, 4.69) is 20.9 Å². The van der Waals surface area contributed by atoms with Gasteiger partial charge in [-0.15, -0.1) is 0 Å². The van der Waals surface area contributed by atoms with E-state index in [4.69, 9.17) is 0 Å². The molecule has 0 N–H and O–H groups in total. The molecule has 1 aliphatic rings. The average molecular weight is 345 g/mol. The quantitative estimate of drug-likeness (QED) is 0.840. The highest BCUT2D eigenvalue weighted by Crippen LogP contribution is 2.30. The Morgan fingerprint density at radius 2 is 2.00 bits per heavy atom. The van der Waals surface area contributed by atoms with Crippen molar-refractivity contribution >= 4 is 21.8 Å². The van der Waals surface area contributed by atoms with Crippen molar-refractivity contribution < 1.29 is 4.79 Å². The third-order valence-corrected chi connectivity index (χ3v) is 4.62. The Morgan fingerprint density at radius 3 is 2.62 bits per heavy atom. The molecule has 1 aromatic carbocycles. The van der Waals surface area contributed by atoms with Gasteiger partial charge in [0.05, 0.1) is 0 Å². The summed E-state index contributed by atoms with van der Waals surface area (Å²) in [5.74, 6) is 0.106. The zero-order chi connectivity index (χ0) is 14.8. The summed E-state index contributed by atoms with van der Waals surface area (Å²) in [7, 11) is 0. The SMILES string of the molecule is Cc1ccc(C(=O)N(Cc2ccncc2)C2CC2)cc1Br. The fraction of sp³-hybridized carbons (Fsp3) is 0.294. The zero-order valence-electron chi connectivity index (χ0n) is 11.9. The molecule has 1 aromatic heterocycles. The molecule has 1 saturated carbocycles. The van der Waals surface area contributed by atoms with Crippen LogP contribution < -0.4 is 0 Å². The lowest BCUT2D eigenvalue weighted by molar-refractivity contribution is 0.0730. The number of hydrogen-bond donors (Lipinski definition) is 0. The fourth-order valence-electron chi connectivity index (χ4n) is 2.33. The van der Waals surface area contributed by atoms with Crippen LogP contribution in [-0.2, 0) is 6.54 Å². The number of carbonyl (C=O) groups is 1. The van der Waals surface area contributed by atoms with Crippen molar-refractivity contribution in [2.24, 2.45) is 0 Å². The largest absolute Gasteiger partial charge is 0.331 e. The molecule has 1 amide bonds. The smallest absolute Gasteiger partial charge is 0.254 e. The fourth-order valence-corrected chi connectivity index (χ4v) is 2.71. The maximum atomic E-state index is 12.8. The molecule has 2 aromatic rings. The van der Waals surface area contributed by atoms with Crippen molar-refractivity contribution in [3.8, 4) is 0 Å². The Morgan fingerprint density at radius 1 is 1.29 bits per heavy atom. The number of aromatic nitrogens is 1. The molecule has 3 nitrogen and oxygen atoms in total. The van der Waals surface area contributed by atoms with Crippen molar-refractivity contribution in [2.75, 3.05) is 0 Å². The average Bonchev–Trinajstić information content (AvgIpc) is 3.33. The van der Waals surface area contributed by atoms with E-state index in [1.165, 1.54) is 0 Å². The third kappa shape index (κ3) is 3.32. The first kappa shape index (κ1) is 14.3. The maximum absolute atomic E-state index is 12.8. The van der Waals surface area contributed by atoms with Gasteiger partial charge in [0.1, 0.15) is 0 Å². The van der Waals surface area contributed by atoms with Crippen LogP contribution >= 0.6 is 15.9 Å². The molecule has 0 saturated heterocycles. The van der Waals surface area contributed by atoms with E-state index in [1.807, 2.05) is 42.2 Å². The Bertz CT molecular complexity index is 653. The minimum atomic E-state index is 0.106. The number of pyridine rings is 1. The Hall–Kier alpha value is -1.68. The van der Waals surface area contributed by atoms with E-state index < -0.39 is 0 Å². The molecule has 0 radical (unpaired) electrons. The van der Waals surface area contributed by atoms with Crippen LogP contribution in [0.1, 0.15) is 34.3 Å². The summed E-state index contributed by atoms with van der Waals surface area (Å²) in [6, 6.07) is 10.1. The first-order valence-corrected chi connectivity index (χ1v) is 7.90. The summed E-state index contributed by atoms with van der Waals surface area (Å²) in [4.78, 5) is 18.8. The number of hydrogen-bond acceptors (Lipinski definition) is 2. The van der Waals surface area contributed by atoms with Crippen molar-refractivity contribution in [3.05, 3.63) is 63.9 Å². The highest BCUT2D eigenvalue weighted by molar-refractivity contribution is 9.10. The lowest BCUT2D eigenvalue weighted by Gasteiger charge is -2.23. The number of nitrogens with zero attached hydrogens (tertiary/aromatic N) is 2. The summed E-state index contributed by atoms with van der Waals surface area (Å²) in [5, 5.41) is 0. The van der Waals surface area contributed by atoms with Crippen LogP contribution in [0, 0.1) is 6.92 Å². The molecule has 1 heterocycles. The molecule has 0 atom stereocenters. The molecule has 3 rings (SSSR count). The van der Waals surface area contributed by atoms with Crippen LogP contribution in [0.4, 0.5) is 0 Å². The third-order valence-electron chi connectivity index (χ3n) is 3.77. The number of aryl methyl sites for hydroxylation is 1. The van der Waals surface area contributed by atoms with E-state index in [1.54, 1.807) is 12.4 Å². The van der Waals surface area contributed by atoms with Gasteiger partial charge >= 0.3 is 0 Å². The van der Waals surface area contributed by atoms with Gasteiger partial charge in [0.15, 0.2) is 0 Å². The van der Waals surface area contributed by atoms with Crippen molar-refractivity contribution in [2.45, 2.75) is 32.4 Å². The second-order valence-corrected chi connectivity index (χ2v) is 6.34. The zero-order valence-corrected chi connectivity index (χ0v) is 13.5. The second kappa shape index (κ2) is 5.98. The number of carbonyl (C=O) groups excluding carboxylic acids is 1. The number of rotatable bonds is 4. The molecule has 1 fully saturated rings. The molecule has 21 heavy (non-hydrogen) atoms. The predicted molar refractivity (Wildman–Crippen MR) is 86.0 cm³/mol. The lowest BCUT2D eigenvalue weighted by Crippen LogP contribution is -2.32. The molecular weight excluding hydrogens is 328 g/mol. The molecule has 0 aliphatic heterocycles. The van der Waals surface area contributed by atoms with Crippen LogP contribution in [0.3, 0.4) is 0 Å². The van der Waals surface area contributed by atoms with Crippen molar-refractivity contribution in [3.63, 3.8) is 0 Å². The summed E-state index contributed by atoms with van der Waals surface area (Å²) >= 11 is 3.50. The lowest BCUT2D eigenvalue weighted by atomic mass is 10.1. The first-order chi connectivity index (χ1) is 10.1. The van der Waals surface area contributed by atoms with E-state index in [9.17, 15) is 4.79 Å². The van der Waals surface area contributed by atoms with Crippen LogP contribution in [0.25, 0.3) is 0 Å². The van der Waals surface area contributed by atoms with Gasteiger partial charge in [-0.3, -0.25) is 9.78 Å². The van der Waals surface area contributed by atoms with Gasteiger partial charge in [-0.05, 0) is 55.2 Å². The molecule has 108 valence electrons. The minimum Gasteiger partial charge on any atom is -0.331 e. The van der Waals surface area contributed by atoms with Gasteiger partial charge in [0, 0.05) is 35.0 Å². The number of amides is 1. The minimum absolute atomic E-state index is 0.106. The van der Waals surface area contributed by atoms with E-state index >= 15 is 0 Å². The Balaban J connectivity index is 1.83. The number of benzene rings is 1. The molecule has 0 unspecified atom stereocenters. The molecule has 1 aliphatic carbocycles. The molecule has 4 heteroatoms. The predicted octanol–water partition coefficient (Wildman–Crippen LogP) is 3.96. The summed E-state index contributed by atoms with van der Waals surface area (Å²) < 4.78 is 0.980. The normalized spacial score (nSPS) is 14.0. The van der Waals surface area contributed by atoms with Gasteiger partial charge in [0.2, 0.25) is 0 Å². The number of halogens is 1. The highest BCUT2D eigenvalue weighted by Gasteiger charge is 2.33. The van der Waals surface area contributed by atoms with E-state index in [0.29, 0.717) is 12.6 Å². The Kier molecular flexibility index (Phi) is 4.06. The molecule has 0 bridgehead atoms. The maximum Gasteiger partial charge on any atom is 0.254 e. The van der Waals surface area contributed by atoms with E-state index in [-0.39, 0.29) is 5.91 Å². The summed E-state index contributed by atoms with van der Waals surface area (Å²) in [5.41, 5.74) is 3.00. The van der Waals surface area contributed by atoms with Crippen molar-refractivity contribution in [1.29, 1.82) is 0 Å². The van der Waals surface area contributed by atoms with Crippen LogP contribution in [0.2, 0.25) is 0 Å². The van der Waals surface area contributed by atoms with Gasteiger partial charge in [-0.2, -0.15) is 0 Å². The first-order valence-electron chi connectivity index (χ1n) is 7.11. The molecular formula is C17H17BrN2O. The van der Waals surface area contributed by atoms with Gasteiger partial charge < -0.3 is 4.90 Å². The highest BCUT2D eigenvalue weighted by atomic mass is 79.9. The van der Waals surface area contributed by atoms with Crippen LogP contribution in [-0.4, -0.2) is 21.8 Å². The monoisotopic (exact) mass is 344 g/mol. The van der Waals surface area contributed by atoms with Crippen LogP contribution in [0.15, 0.2) is 47.2 Å². The van der Waals surface area contributed by atoms with E-state index in [0.717, 1.165) is 34.0 Å². The summed E-state index contributed by atoms with van der Waals surface area (Å²) in [6.45, 7) is 2.67. The second-order valence-electron chi connectivity index (χ2n) is 5.48. The van der Waals surface area contributed by atoms with Crippen molar-refractivity contribution in [1.82, 2.24) is 9.88 Å². The Labute approximate surface area is 133 Å².